The molecule has 4 atom stereocenters. The number of hydrogen-bond acceptors (Lipinski definition) is 7. The van der Waals surface area contributed by atoms with E-state index in [9.17, 15) is 10.2 Å². The predicted molar refractivity (Wildman–Crippen MR) is 102 cm³/mol. The zero-order valence-corrected chi connectivity index (χ0v) is 15.2. The van der Waals surface area contributed by atoms with E-state index in [1.165, 1.54) is 6.33 Å². The monoisotopic (exact) mass is 391 g/mol. The normalized spacial score (nSPS) is 25.8. The van der Waals surface area contributed by atoms with Crippen LogP contribution in [0, 0.1) is 0 Å². The molecular weight excluding hydrogens is 374 g/mol. The van der Waals surface area contributed by atoms with E-state index in [4.69, 9.17) is 17.3 Å². The lowest BCUT2D eigenvalue weighted by Gasteiger charge is -2.15. The van der Waals surface area contributed by atoms with E-state index in [1.54, 1.807) is 18.0 Å². The van der Waals surface area contributed by atoms with Gasteiger partial charge < -0.3 is 26.2 Å². The summed E-state index contributed by atoms with van der Waals surface area (Å²) in [5, 5.41) is 25.0. The molecule has 136 valence electrons. The van der Waals surface area contributed by atoms with Gasteiger partial charge in [0.15, 0.2) is 5.82 Å². The van der Waals surface area contributed by atoms with E-state index in [-0.39, 0.29) is 6.04 Å². The van der Waals surface area contributed by atoms with Gasteiger partial charge in [0.2, 0.25) is 0 Å². The molecule has 0 amide bonds. The van der Waals surface area contributed by atoms with Gasteiger partial charge in [-0.3, -0.25) is 0 Å². The first kappa shape index (κ1) is 17.6. The van der Waals surface area contributed by atoms with Crippen molar-refractivity contribution in [3.63, 3.8) is 0 Å². The first-order valence-corrected chi connectivity index (χ1v) is 9.49. The maximum atomic E-state index is 10.5. The molecular formula is C17H18ClN5O2S. The van der Waals surface area contributed by atoms with Gasteiger partial charge >= 0.3 is 0 Å². The number of thioether (sulfide) groups is 1. The number of fused-ring (bicyclic) bond motifs is 1. The number of nitrogens with one attached hydrogen (secondary N) is 2. The Balaban J connectivity index is 1.52. The second-order valence-corrected chi connectivity index (χ2v) is 7.75. The van der Waals surface area contributed by atoms with Crippen molar-refractivity contribution in [1.29, 1.82) is 0 Å². The molecule has 26 heavy (non-hydrogen) atoms. The molecule has 1 fully saturated rings. The molecule has 6 N–H and O–H groups in total. The summed E-state index contributed by atoms with van der Waals surface area (Å²) in [7, 11) is 0. The Bertz CT molecular complexity index is 919. The number of nitrogens with two attached hydrogens (primary N) is 1. The lowest BCUT2D eigenvalue weighted by atomic mass is 10.0. The number of nitrogen functional groups attached to an aromatic ring is 1. The van der Waals surface area contributed by atoms with Crippen LogP contribution in [0.15, 0.2) is 41.7 Å². The van der Waals surface area contributed by atoms with Crippen molar-refractivity contribution in [1.82, 2.24) is 20.3 Å². The largest absolute Gasteiger partial charge is 0.389 e. The highest BCUT2D eigenvalue weighted by Crippen LogP contribution is 2.34. The fourth-order valence-electron chi connectivity index (χ4n) is 3.22. The van der Waals surface area contributed by atoms with Gasteiger partial charge in [0.1, 0.15) is 17.9 Å². The highest BCUT2D eigenvalue weighted by Gasteiger charge is 2.42. The number of hydrogen-bond donors (Lipinski definition) is 5. The summed E-state index contributed by atoms with van der Waals surface area (Å²) in [4.78, 5) is 12.3. The number of nitrogens with zero attached hydrogens (tertiary/aromatic N) is 2. The molecule has 1 aromatic carbocycles. The van der Waals surface area contributed by atoms with Gasteiger partial charge in [-0.15, -0.1) is 11.8 Å². The van der Waals surface area contributed by atoms with E-state index in [0.29, 0.717) is 27.6 Å². The summed E-state index contributed by atoms with van der Waals surface area (Å²) < 4.78 is 0. The minimum Gasteiger partial charge on any atom is -0.389 e. The molecule has 0 bridgehead atoms. The highest BCUT2D eigenvalue weighted by atomic mass is 35.5. The lowest BCUT2D eigenvalue weighted by molar-refractivity contribution is 0.0308. The summed E-state index contributed by atoms with van der Waals surface area (Å²) >= 11 is 7.49. The zero-order valence-electron chi connectivity index (χ0n) is 13.6. The molecule has 1 aliphatic rings. The summed E-state index contributed by atoms with van der Waals surface area (Å²) in [6, 6.07) is 6.82. The summed E-state index contributed by atoms with van der Waals surface area (Å²) in [5.41, 5.74) is 7.89. The van der Waals surface area contributed by atoms with Crippen LogP contribution < -0.4 is 11.1 Å². The number of halogens is 1. The van der Waals surface area contributed by atoms with Crippen LogP contribution in [-0.2, 0) is 0 Å². The Morgan fingerprint density at radius 3 is 2.69 bits per heavy atom. The maximum Gasteiger partial charge on any atom is 0.151 e. The molecule has 1 aliphatic heterocycles. The molecule has 9 heteroatoms. The first-order valence-electron chi connectivity index (χ1n) is 8.12. The van der Waals surface area contributed by atoms with Crippen molar-refractivity contribution in [2.24, 2.45) is 0 Å². The summed E-state index contributed by atoms with van der Waals surface area (Å²) in [5.74, 6) is 0.958. The van der Waals surface area contributed by atoms with Crippen LogP contribution in [0.3, 0.4) is 0 Å². The predicted octanol–water partition coefficient (Wildman–Crippen LogP) is 1.72. The Kier molecular flexibility index (Phi) is 4.76. The summed E-state index contributed by atoms with van der Waals surface area (Å²) in [6.45, 7) is 0. The van der Waals surface area contributed by atoms with Crippen LogP contribution in [0.1, 0.15) is 11.6 Å². The van der Waals surface area contributed by atoms with Gasteiger partial charge in [-0.1, -0.05) is 11.6 Å². The Hall–Kier alpha value is -1.84. The average molecular weight is 392 g/mol. The highest BCUT2D eigenvalue weighted by molar-refractivity contribution is 7.99. The van der Waals surface area contributed by atoms with E-state index in [1.807, 2.05) is 24.3 Å². The van der Waals surface area contributed by atoms with Gasteiger partial charge in [0.05, 0.1) is 17.7 Å². The van der Waals surface area contributed by atoms with Gasteiger partial charge in [0, 0.05) is 33.5 Å². The molecule has 4 rings (SSSR count). The first-order chi connectivity index (χ1) is 12.5. The number of H-pyrrole nitrogens is 1. The van der Waals surface area contributed by atoms with Crippen molar-refractivity contribution < 1.29 is 10.2 Å². The average Bonchev–Trinajstić information content (AvgIpc) is 3.18. The van der Waals surface area contributed by atoms with E-state index >= 15 is 0 Å². The number of aromatic amines is 1. The minimum atomic E-state index is -0.944. The van der Waals surface area contributed by atoms with Gasteiger partial charge in [0.25, 0.3) is 0 Å². The van der Waals surface area contributed by atoms with Crippen LogP contribution in [0.2, 0.25) is 5.02 Å². The number of rotatable bonds is 4. The van der Waals surface area contributed by atoms with Crippen molar-refractivity contribution >= 4 is 40.2 Å². The molecule has 7 nitrogen and oxygen atoms in total. The molecule has 0 saturated carbocycles. The van der Waals surface area contributed by atoms with E-state index < -0.39 is 18.2 Å². The number of aliphatic hydroxyl groups is 2. The SMILES string of the molecule is Nc1ncnc2c([C@@H]3N[C@H](CSc4ccc(Cl)cc4)[C@H](O)[C@@H]3O)c[nH]c12. The van der Waals surface area contributed by atoms with Crippen molar-refractivity contribution in [2.45, 2.75) is 29.2 Å². The number of aliphatic hydroxyl groups excluding tert-OH is 2. The molecule has 0 aliphatic carbocycles. The second kappa shape index (κ2) is 7.05. The molecule has 1 saturated heterocycles. The van der Waals surface area contributed by atoms with Gasteiger partial charge in [-0.05, 0) is 24.3 Å². The van der Waals surface area contributed by atoms with Crippen LogP contribution in [0.5, 0.6) is 0 Å². The van der Waals surface area contributed by atoms with E-state index in [2.05, 4.69) is 20.3 Å². The van der Waals surface area contributed by atoms with Gasteiger partial charge in [-0.25, -0.2) is 9.97 Å². The zero-order chi connectivity index (χ0) is 18.3. The van der Waals surface area contributed by atoms with Crippen molar-refractivity contribution in [3.05, 3.63) is 47.4 Å². The van der Waals surface area contributed by atoms with Crippen LogP contribution >= 0.6 is 23.4 Å². The fraction of sp³-hybridized carbons (Fsp3) is 0.294. The minimum absolute atomic E-state index is 0.264. The molecule has 3 aromatic rings. The van der Waals surface area contributed by atoms with E-state index in [0.717, 1.165) is 10.5 Å². The molecule has 0 unspecified atom stereocenters. The van der Waals surface area contributed by atoms with Gasteiger partial charge in [-0.2, -0.15) is 0 Å². The van der Waals surface area contributed by atoms with Crippen LogP contribution in [0.25, 0.3) is 11.0 Å². The molecule has 0 spiro atoms. The smallest absolute Gasteiger partial charge is 0.151 e. The second-order valence-electron chi connectivity index (χ2n) is 6.22. The standard InChI is InChI=1S/C17H18ClN5O2S/c18-8-1-3-9(4-2-8)26-6-11-15(24)16(25)13(23-11)10-5-20-14-12(10)21-7-22-17(14)19/h1-5,7,11,13,15-16,20,23-25H,6H2,(H2,19,21,22)/t11-,13+,15+,16-/m1/s1. The third-order valence-electron chi connectivity index (χ3n) is 4.60. The Morgan fingerprint density at radius 2 is 1.92 bits per heavy atom. The topological polar surface area (TPSA) is 120 Å². The van der Waals surface area contributed by atoms with Crippen LogP contribution in [-0.4, -0.2) is 49.2 Å². The molecule has 0 radical (unpaired) electrons. The number of aromatic nitrogens is 3. The summed E-state index contributed by atoms with van der Waals surface area (Å²) in [6.07, 6.45) is 1.31. The lowest BCUT2D eigenvalue weighted by Crippen LogP contribution is -2.35. The van der Waals surface area contributed by atoms with Crippen LogP contribution in [0.4, 0.5) is 5.82 Å². The fourth-order valence-corrected chi connectivity index (χ4v) is 4.34. The maximum absolute atomic E-state index is 10.5. The Morgan fingerprint density at radius 1 is 1.15 bits per heavy atom. The molecule has 2 aromatic heterocycles. The van der Waals surface area contributed by atoms with Crippen molar-refractivity contribution in [2.75, 3.05) is 11.5 Å². The Labute approximate surface area is 159 Å². The third-order valence-corrected chi connectivity index (χ3v) is 5.98. The number of anilines is 1. The van der Waals surface area contributed by atoms with Crippen molar-refractivity contribution in [3.8, 4) is 0 Å². The molecule has 3 heterocycles. The third kappa shape index (κ3) is 3.15. The quantitative estimate of drug-likeness (QED) is 0.429. The number of benzene rings is 1.